The highest BCUT2D eigenvalue weighted by molar-refractivity contribution is 7.10. The number of aryl methyl sites for hydroxylation is 1. The summed E-state index contributed by atoms with van der Waals surface area (Å²) in [6.45, 7) is 0. The van der Waals surface area contributed by atoms with Crippen molar-refractivity contribution >= 4 is 22.9 Å². The maximum Gasteiger partial charge on any atom is 0.111 e. The molecule has 0 saturated heterocycles. The maximum atomic E-state index is 9.93. The highest BCUT2D eigenvalue weighted by Gasteiger charge is 2.13. The molecule has 0 aromatic carbocycles. The summed E-state index contributed by atoms with van der Waals surface area (Å²) in [5.41, 5.74) is 0. The quantitative estimate of drug-likeness (QED) is 0.898. The van der Waals surface area contributed by atoms with Crippen LogP contribution in [-0.4, -0.2) is 14.7 Å². The van der Waals surface area contributed by atoms with Crippen molar-refractivity contribution in [1.29, 1.82) is 0 Å². The van der Waals surface area contributed by atoms with E-state index in [4.69, 9.17) is 11.6 Å². The van der Waals surface area contributed by atoms with Crippen molar-refractivity contribution in [3.05, 3.63) is 39.6 Å². The van der Waals surface area contributed by atoms with Crippen molar-refractivity contribution in [3.8, 4) is 0 Å². The molecule has 0 amide bonds. The average Bonchev–Trinajstić information content (AvgIpc) is 2.77. The molecule has 15 heavy (non-hydrogen) atoms. The lowest BCUT2D eigenvalue weighted by atomic mass is 10.2. The van der Waals surface area contributed by atoms with Gasteiger partial charge in [-0.25, -0.2) is 4.98 Å². The molecular weight excluding hydrogens is 232 g/mol. The van der Waals surface area contributed by atoms with Gasteiger partial charge in [0, 0.05) is 36.1 Å². The Morgan fingerprint density at radius 1 is 1.67 bits per heavy atom. The predicted octanol–water partition coefficient (Wildman–Crippen LogP) is 2.41. The van der Waals surface area contributed by atoms with Crippen LogP contribution in [0.25, 0.3) is 0 Å². The van der Waals surface area contributed by atoms with Gasteiger partial charge in [0.2, 0.25) is 0 Å². The van der Waals surface area contributed by atoms with E-state index >= 15 is 0 Å². The van der Waals surface area contributed by atoms with E-state index in [1.165, 1.54) is 11.3 Å². The zero-order valence-electron chi connectivity index (χ0n) is 8.22. The number of nitrogens with zero attached hydrogens (tertiary/aromatic N) is 2. The average molecular weight is 243 g/mol. The van der Waals surface area contributed by atoms with Crippen molar-refractivity contribution < 1.29 is 5.11 Å². The van der Waals surface area contributed by atoms with Crippen LogP contribution < -0.4 is 0 Å². The Balaban J connectivity index is 2.10. The lowest BCUT2D eigenvalue weighted by Crippen LogP contribution is -2.05. The van der Waals surface area contributed by atoms with Crippen LogP contribution in [-0.2, 0) is 13.5 Å². The minimum atomic E-state index is -0.524. The van der Waals surface area contributed by atoms with Crippen LogP contribution in [0, 0.1) is 0 Å². The number of imidazole rings is 1. The van der Waals surface area contributed by atoms with Crippen LogP contribution in [0.3, 0.4) is 0 Å². The van der Waals surface area contributed by atoms with E-state index in [0.29, 0.717) is 11.4 Å². The standard InChI is InChI=1S/C10H11ClN2OS/c1-13-3-2-12-10(13)5-8(14)9-4-7(11)6-15-9/h2-4,6,8,14H,5H2,1H3. The third-order valence-corrected chi connectivity index (χ3v) is 3.59. The van der Waals surface area contributed by atoms with Gasteiger partial charge in [-0.3, -0.25) is 0 Å². The minimum absolute atomic E-state index is 0.514. The van der Waals surface area contributed by atoms with Crippen LogP contribution in [0.4, 0.5) is 0 Å². The van der Waals surface area contributed by atoms with Gasteiger partial charge in [-0.15, -0.1) is 11.3 Å². The van der Waals surface area contributed by atoms with Crippen molar-refractivity contribution in [1.82, 2.24) is 9.55 Å². The Kier molecular flexibility index (Phi) is 3.09. The smallest absolute Gasteiger partial charge is 0.111 e. The number of hydrogen-bond donors (Lipinski definition) is 1. The summed E-state index contributed by atoms with van der Waals surface area (Å²) in [4.78, 5) is 5.04. The highest BCUT2D eigenvalue weighted by atomic mass is 35.5. The van der Waals surface area contributed by atoms with Crippen LogP contribution in [0.2, 0.25) is 5.02 Å². The Morgan fingerprint density at radius 3 is 3.00 bits per heavy atom. The molecule has 2 aromatic rings. The number of aliphatic hydroxyl groups is 1. The third kappa shape index (κ3) is 2.40. The molecule has 80 valence electrons. The van der Waals surface area contributed by atoms with E-state index in [9.17, 15) is 5.11 Å². The first-order valence-corrected chi connectivity index (χ1v) is 5.81. The minimum Gasteiger partial charge on any atom is -0.387 e. The monoisotopic (exact) mass is 242 g/mol. The largest absolute Gasteiger partial charge is 0.387 e. The molecule has 0 radical (unpaired) electrons. The fraction of sp³-hybridized carbons (Fsp3) is 0.300. The first-order valence-electron chi connectivity index (χ1n) is 4.55. The molecule has 5 heteroatoms. The molecule has 0 aliphatic carbocycles. The number of rotatable bonds is 3. The molecule has 1 N–H and O–H groups in total. The van der Waals surface area contributed by atoms with Crippen molar-refractivity contribution in [2.45, 2.75) is 12.5 Å². The van der Waals surface area contributed by atoms with E-state index < -0.39 is 6.10 Å². The number of aromatic nitrogens is 2. The molecule has 2 rings (SSSR count). The fourth-order valence-corrected chi connectivity index (χ4v) is 2.44. The van der Waals surface area contributed by atoms with Crippen molar-refractivity contribution in [3.63, 3.8) is 0 Å². The number of thiophene rings is 1. The maximum absolute atomic E-state index is 9.93. The Hall–Kier alpha value is -0.840. The summed E-state index contributed by atoms with van der Waals surface area (Å²) in [6, 6.07) is 1.79. The Labute approximate surface area is 97.0 Å². The number of hydrogen-bond acceptors (Lipinski definition) is 3. The zero-order valence-corrected chi connectivity index (χ0v) is 9.79. The molecule has 0 aliphatic heterocycles. The molecule has 0 spiro atoms. The second kappa shape index (κ2) is 4.35. The molecule has 0 saturated carbocycles. The molecule has 3 nitrogen and oxygen atoms in total. The van der Waals surface area contributed by atoms with Crippen LogP contribution in [0.5, 0.6) is 0 Å². The number of halogens is 1. The highest BCUT2D eigenvalue weighted by Crippen LogP contribution is 2.26. The van der Waals surface area contributed by atoms with Crippen LogP contribution in [0.1, 0.15) is 16.8 Å². The van der Waals surface area contributed by atoms with E-state index in [1.54, 1.807) is 12.3 Å². The van der Waals surface area contributed by atoms with E-state index in [1.807, 2.05) is 23.2 Å². The molecule has 0 aliphatic rings. The Morgan fingerprint density at radius 2 is 2.47 bits per heavy atom. The summed E-state index contributed by atoms with van der Waals surface area (Å²) < 4.78 is 1.90. The van der Waals surface area contributed by atoms with E-state index in [0.717, 1.165) is 10.7 Å². The topological polar surface area (TPSA) is 38.0 Å². The summed E-state index contributed by atoms with van der Waals surface area (Å²) in [5, 5.41) is 12.4. The van der Waals surface area contributed by atoms with Gasteiger partial charge in [-0.05, 0) is 6.07 Å². The van der Waals surface area contributed by atoms with Gasteiger partial charge in [0.05, 0.1) is 11.1 Å². The van der Waals surface area contributed by atoms with Crippen LogP contribution >= 0.6 is 22.9 Å². The Bertz CT molecular complexity index is 452. The molecule has 2 heterocycles. The zero-order chi connectivity index (χ0) is 10.8. The summed E-state index contributed by atoms with van der Waals surface area (Å²) in [6.07, 6.45) is 3.58. The molecule has 0 fully saturated rings. The molecular formula is C10H11ClN2OS. The second-order valence-electron chi connectivity index (χ2n) is 3.34. The summed E-state index contributed by atoms with van der Waals surface area (Å²) >= 11 is 7.26. The van der Waals surface area contributed by atoms with Crippen LogP contribution in [0.15, 0.2) is 23.8 Å². The fourth-order valence-electron chi connectivity index (χ4n) is 1.37. The first kappa shape index (κ1) is 10.7. The predicted molar refractivity (Wildman–Crippen MR) is 61.2 cm³/mol. The lowest BCUT2D eigenvalue weighted by Gasteiger charge is -2.07. The van der Waals surface area contributed by atoms with Crippen molar-refractivity contribution in [2.75, 3.05) is 0 Å². The van der Waals surface area contributed by atoms with Gasteiger partial charge in [0.25, 0.3) is 0 Å². The van der Waals surface area contributed by atoms with Gasteiger partial charge >= 0.3 is 0 Å². The van der Waals surface area contributed by atoms with Gasteiger partial charge in [-0.2, -0.15) is 0 Å². The van der Waals surface area contributed by atoms with Gasteiger partial charge in [0.15, 0.2) is 0 Å². The van der Waals surface area contributed by atoms with Gasteiger partial charge in [-0.1, -0.05) is 11.6 Å². The van der Waals surface area contributed by atoms with Crippen molar-refractivity contribution in [2.24, 2.45) is 7.05 Å². The molecule has 0 bridgehead atoms. The van der Waals surface area contributed by atoms with E-state index in [-0.39, 0.29) is 0 Å². The lowest BCUT2D eigenvalue weighted by molar-refractivity contribution is 0.178. The summed E-state index contributed by atoms with van der Waals surface area (Å²) in [5.74, 6) is 0.868. The van der Waals surface area contributed by atoms with E-state index in [2.05, 4.69) is 4.98 Å². The molecule has 2 aromatic heterocycles. The molecule has 1 unspecified atom stereocenters. The van der Waals surface area contributed by atoms with Gasteiger partial charge in [0.1, 0.15) is 5.82 Å². The molecule has 1 atom stereocenters. The summed E-state index contributed by atoms with van der Waals surface area (Å²) in [7, 11) is 1.91. The first-order chi connectivity index (χ1) is 7.16. The normalized spacial score (nSPS) is 13.0. The van der Waals surface area contributed by atoms with Gasteiger partial charge < -0.3 is 9.67 Å². The SMILES string of the molecule is Cn1ccnc1CC(O)c1cc(Cl)cs1. The third-order valence-electron chi connectivity index (χ3n) is 2.21. The number of aliphatic hydroxyl groups excluding tert-OH is 1. The second-order valence-corrected chi connectivity index (χ2v) is 4.72.